The van der Waals surface area contributed by atoms with Crippen molar-refractivity contribution >= 4 is 0 Å². The SMILES string of the molecule is COc1cc(C2(N)CCCCC2)cc(F)c1O. The fourth-order valence-corrected chi connectivity index (χ4v) is 2.49. The molecule has 0 unspecified atom stereocenters. The standard InChI is InChI=1S/C13H18FNO2/c1-17-11-8-9(7-10(14)12(11)16)13(15)5-3-2-4-6-13/h7-8,16H,2-6,15H2,1H3. The molecule has 0 aliphatic heterocycles. The first kappa shape index (κ1) is 12.2. The monoisotopic (exact) mass is 239 g/mol. The Morgan fingerprint density at radius 3 is 2.53 bits per heavy atom. The quantitative estimate of drug-likeness (QED) is 0.834. The highest BCUT2D eigenvalue weighted by Gasteiger charge is 2.31. The molecule has 0 heterocycles. The molecule has 0 amide bonds. The second-order valence-electron chi connectivity index (χ2n) is 4.73. The van der Waals surface area contributed by atoms with Crippen molar-refractivity contribution in [3.8, 4) is 11.5 Å². The van der Waals surface area contributed by atoms with Crippen LogP contribution >= 0.6 is 0 Å². The zero-order valence-electron chi connectivity index (χ0n) is 10.0. The number of phenols is 1. The average molecular weight is 239 g/mol. The number of methoxy groups -OCH3 is 1. The van der Waals surface area contributed by atoms with Crippen molar-refractivity contribution in [1.82, 2.24) is 0 Å². The van der Waals surface area contributed by atoms with Crippen LogP contribution in [0, 0.1) is 5.82 Å². The lowest BCUT2D eigenvalue weighted by atomic mass is 9.77. The predicted molar refractivity (Wildman–Crippen MR) is 63.6 cm³/mol. The fourth-order valence-electron chi connectivity index (χ4n) is 2.49. The molecule has 0 aromatic heterocycles. The van der Waals surface area contributed by atoms with E-state index in [1.54, 1.807) is 6.07 Å². The van der Waals surface area contributed by atoms with Crippen molar-refractivity contribution < 1.29 is 14.2 Å². The molecule has 1 aromatic rings. The molecule has 2 rings (SSSR count). The summed E-state index contributed by atoms with van der Waals surface area (Å²) in [7, 11) is 1.41. The lowest BCUT2D eigenvalue weighted by molar-refractivity contribution is 0.297. The largest absolute Gasteiger partial charge is 0.502 e. The maximum atomic E-state index is 13.6. The van der Waals surface area contributed by atoms with Gasteiger partial charge in [-0.1, -0.05) is 19.3 Å². The molecule has 1 aliphatic rings. The second kappa shape index (κ2) is 4.53. The summed E-state index contributed by atoms with van der Waals surface area (Å²) in [6.07, 6.45) is 4.99. The predicted octanol–water partition coefficient (Wildman–Crippen LogP) is 2.66. The average Bonchev–Trinajstić information content (AvgIpc) is 2.33. The Bertz CT molecular complexity index is 414. The van der Waals surface area contributed by atoms with Gasteiger partial charge in [0.1, 0.15) is 0 Å². The van der Waals surface area contributed by atoms with Crippen molar-refractivity contribution in [3.63, 3.8) is 0 Å². The summed E-state index contributed by atoms with van der Waals surface area (Å²) in [5.74, 6) is -0.971. The third kappa shape index (κ3) is 2.22. The smallest absolute Gasteiger partial charge is 0.194 e. The molecule has 1 saturated carbocycles. The van der Waals surface area contributed by atoms with Gasteiger partial charge in [0.05, 0.1) is 7.11 Å². The summed E-state index contributed by atoms with van der Waals surface area (Å²) in [5.41, 5.74) is 6.55. The number of halogens is 1. The van der Waals surface area contributed by atoms with Crippen LogP contribution in [0.15, 0.2) is 12.1 Å². The number of aromatic hydroxyl groups is 1. The minimum absolute atomic E-state index is 0.149. The van der Waals surface area contributed by atoms with Crippen molar-refractivity contribution in [2.45, 2.75) is 37.6 Å². The van der Waals surface area contributed by atoms with Crippen LogP contribution < -0.4 is 10.5 Å². The van der Waals surface area contributed by atoms with Gasteiger partial charge in [-0.05, 0) is 30.5 Å². The molecule has 1 aliphatic carbocycles. The maximum Gasteiger partial charge on any atom is 0.194 e. The molecule has 3 N–H and O–H groups in total. The molecule has 0 saturated heterocycles. The molecule has 4 heteroatoms. The zero-order valence-corrected chi connectivity index (χ0v) is 10.0. The van der Waals surface area contributed by atoms with E-state index in [-0.39, 0.29) is 5.75 Å². The highest BCUT2D eigenvalue weighted by Crippen LogP contribution is 2.39. The van der Waals surface area contributed by atoms with Gasteiger partial charge in [0.25, 0.3) is 0 Å². The minimum atomic E-state index is -0.672. The molecule has 94 valence electrons. The van der Waals surface area contributed by atoms with E-state index >= 15 is 0 Å². The minimum Gasteiger partial charge on any atom is -0.502 e. The summed E-state index contributed by atoms with van der Waals surface area (Å²) in [5, 5.41) is 9.46. The molecular formula is C13H18FNO2. The molecule has 1 fully saturated rings. The third-order valence-electron chi connectivity index (χ3n) is 3.57. The molecule has 0 atom stereocenters. The van der Waals surface area contributed by atoms with Crippen LogP contribution in [0.5, 0.6) is 11.5 Å². The van der Waals surface area contributed by atoms with E-state index in [0.717, 1.165) is 25.7 Å². The van der Waals surface area contributed by atoms with Crippen LogP contribution in [-0.4, -0.2) is 12.2 Å². The van der Waals surface area contributed by atoms with E-state index in [1.165, 1.54) is 19.6 Å². The van der Waals surface area contributed by atoms with Crippen LogP contribution in [0.1, 0.15) is 37.7 Å². The van der Waals surface area contributed by atoms with Gasteiger partial charge in [0.2, 0.25) is 0 Å². The van der Waals surface area contributed by atoms with Crippen LogP contribution in [0.3, 0.4) is 0 Å². The van der Waals surface area contributed by atoms with E-state index in [2.05, 4.69) is 0 Å². The first-order chi connectivity index (χ1) is 8.07. The Kier molecular flexibility index (Phi) is 3.24. The maximum absolute atomic E-state index is 13.6. The number of benzene rings is 1. The summed E-state index contributed by atoms with van der Waals surface area (Å²) in [6, 6.07) is 2.97. The fraction of sp³-hybridized carbons (Fsp3) is 0.538. The highest BCUT2D eigenvalue weighted by atomic mass is 19.1. The lowest BCUT2D eigenvalue weighted by Crippen LogP contribution is -2.38. The first-order valence-corrected chi connectivity index (χ1v) is 5.93. The lowest BCUT2D eigenvalue weighted by Gasteiger charge is -2.34. The van der Waals surface area contributed by atoms with Gasteiger partial charge in [0.15, 0.2) is 17.3 Å². The molecule has 1 aromatic carbocycles. The van der Waals surface area contributed by atoms with E-state index < -0.39 is 17.1 Å². The third-order valence-corrected chi connectivity index (χ3v) is 3.57. The normalized spacial score (nSPS) is 19.0. The van der Waals surface area contributed by atoms with Crippen molar-refractivity contribution in [2.75, 3.05) is 7.11 Å². The van der Waals surface area contributed by atoms with Crippen LogP contribution in [0.4, 0.5) is 4.39 Å². The van der Waals surface area contributed by atoms with E-state index in [0.29, 0.717) is 5.56 Å². The van der Waals surface area contributed by atoms with Crippen LogP contribution in [0.2, 0.25) is 0 Å². The summed E-state index contributed by atoms with van der Waals surface area (Å²) in [4.78, 5) is 0. The molecule has 0 spiro atoms. The number of rotatable bonds is 2. The number of hydrogen-bond donors (Lipinski definition) is 2. The Balaban J connectivity index is 2.41. The molecule has 17 heavy (non-hydrogen) atoms. The van der Waals surface area contributed by atoms with Crippen molar-refractivity contribution in [2.24, 2.45) is 5.73 Å². The Morgan fingerprint density at radius 2 is 1.94 bits per heavy atom. The topological polar surface area (TPSA) is 55.5 Å². The van der Waals surface area contributed by atoms with E-state index in [9.17, 15) is 9.50 Å². The Hall–Kier alpha value is -1.29. The first-order valence-electron chi connectivity index (χ1n) is 5.93. The van der Waals surface area contributed by atoms with Crippen LogP contribution in [-0.2, 0) is 5.54 Å². The van der Waals surface area contributed by atoms with Gasteiger partial charge in [-0.25, -0.2) is 4.39 Å². The van der Waals surface area contributed by atoms with E-state index in [1.807, 2.05) is 0 Å². The van der Waals surface area contributed by atoms with Crippen molar-refractivity contribution in [1.29, 1.82) is 0 Å². The zero-order chi connectivity index (χ0) is 12.5. The summed E-state index contributed by atoms with van der Waals surface area (Å²) in [6.45, 7) is 0. The molecular weight excluding hydrogens is 221 g/mol. The van der Waals surface area contributed by atoms with Gasteiger partial charge in [0, 0.05) is 5.54 Å². The second-order valence-corrected chi connectivity index (χ2v) is 4.73. The van der Waals surface area contributed by atoms with Gasteiger partial charge in [-0.3, -0.25) is 0 Å². The van der Waals surface area contributed by atoms with Gasteiger partial charge in [-0.15, -0.1) is 0 Å². The van der Waals surface area contributed by atoms with Crippen LogP contribution in [0.25, 0.3) is 0 Å². The number of hydrogen-bond acceptors (Lipinski definition) is 3. The summed E-state index contributed by atoms with van der Waals surface area (Å²) >= 11 is 0. The van der Waals surface area contributed by atoms with Gasteiger partial charge >= 0.3 is 0 Å². The Morgan fingerprint density at radius 1 is 1.29 bits per heavy atom. The van der Waals surface area contributed by atoms with Gasteiger partial charge < -0.3 is 15.6 Å². The van der Waals surface area contributed by atoms with E-state index in [4.69, 9.17) is 10.5 Å². The van der Waals surface area contributed by atoms with Crippen molar-refractivity contribution in [3.05, 3.63) is 23.5 Å². The highest BCUT2D eigenvalue weighted by molar-refractivity contribution is 5.45. The molecule has 0 bridgehead atoms. The Labute approximate surface area is 100 Å². The number of ether oxygens (including phenoxy) is 1. The molecule has 0 radical (unpaired) electrons. The van der Waals surface area contributed by atoms with Gasteiger partial charge in [-0.2, -0.15) is 0 Å². The summed E-state index contributed by atoms with van der Waals surface area (Å²) < 4.78 is 18.5. The number of nitrogens with two attached hydrogens (primary N) is 1. The number of phenolic OH excluding ortho intramolecular Hbond substituents is 1. The molecule has 3 nitrogen and oxygen atoms in total.